The monoisotopic (exact) mass is 173 g/mol. The topological polar surface area (TPSA) is 75.9 Å². The first-order valence-electron chi connectivity index (χ1n) is 4.25. The Morgan fingerprint density at radius 2 is 1.82 bits per heavy atom. The smallest absolute Gasteiger partial charge is 0.0893 e. The molecule has 2 rings (SSSR count). The van der Waals surface area contributed by atoms with Crippen molar-refractivity contribution in [3.63, 3.8) is 0 Å². The van der Waals surface area contributed by atoms with Crippen LogP contribution in [0.25, 0.3) is 0 Å². The molecule has 0 spiro atoms. The normalized spacial score (nSPS) is 43.3. The van der Waals surface area contributed by atoms with E-state index in [0.717, 1.165) is 25.2 Å². The Hall–Kier alpha value is 0.150. The largest absolute Gasteiger partial charge is 0.290 e. The van der Waals surface area contributed by atoms with E-state index in [1.165, 1.54) is 12.8 Å². The van der Waals surface area contributed by atoms with Crippen LogP contribution in [0, 0.1) is 11.1 Å². The molecule has 0 atom stereocenters. The van der Waals surface area contributed by atoms with Gasteiger partial charge in [0.25, 0.3) is 0 Å². The molecule has 0 aromatic rings. The van der Waals surface area contributed by atoms with Gasteiger partial charge in [-0.15, -0.1) is 0 Å². The third-order valence-corrected chi connectivity index (χ3v) is 5.69. The van der Waals surface area contributed by atoms with E-state index < -0.39 is 7.36 Å². The van der Waals surface area contributed by atoms with Gasteiger partial charge in [-0.2, -0.15) is 0 Å². The average Bonchev–Trinajstić information content (AvgIpc) is 2.42. The SMILES string of the molecule is N=P(N)(N)C12CCC(CC1)C2. The Labute approximate surface area is 67.5 Å². The van der Waals surface area contributed by atoms with Crippen molar-refractivity contribution in [3.8, 4) is 0 Å². The van der Waals surface area contributed by atoms with Gasteiger partial charge in [0, 0.05) is 5.16 Å². The summed E-state index contributed by atoms with van der Waals surface area (Å²) in [7, 11) is -2.30. The van der Waals surface area contributed by atoms with Crippen molar-refractivity contribution >= 4 is 7.36 Å². The predicted octanol–water partition coefficient (Wildman–Crippen LogP) is 1.85. The zero-order valence-corrected chi connectivity index (χ0v) is 7.61. The summed E-state index contributed by atoms with van der Waals surface area (Å²) in [5.41, 5.74) is 11.5. The molecule has 2 aliphatic rings. The van der Waals surface area contributed by atoms with Crippen LogP contribution in [0.5, 0.6) is 0 Å². The van der Waals surface area contributed by atoms with Gasteiger partial charge in [0.15, 0.2) is 0 Å². The molecule has 0 radical (unpaired) electrons. The average molecular weight is 173 g/mol. The minimum absolute atomic E-state index is 0.0810. The van der Waals surface area contributed by atoms with Crippen molar-refractivity contribution in [2.24, 2.45) is 16.9 Å². The van der Waals surface area contributed by atoms with Gasteiger partial charge in [0.05, 0.1) is 7.36 Å². The molecule has 0 aliphatic heterocycles. The van der Waals surface area contributed by atoms with E-state index in [9.17, 15) is 0 Å². The highest BCUT2D eigenvalue weighted by molar-refractivity contribution is 7.61. The molecule has 4 heteroatoms. The van der Waals surface area contributed by atoms with Crippen LogP contribution in [0.2, 0.25) is 0 Å². The molecule has 2 aliphatic carbocycles. The standard InChI is InChI=1S/C7H16N3P/c8-11(9,10)7-3-1-6(5-7)2-4-7/h6H,1-5H2,(H5,8,9,10). The van der Waals surface area contributed by atoms with Crippen LogP contribution in [-0.4, -0.2) is 5.16 Å². The molecule has 11 heavy (non-hydrogen) atoms. The van der Waals surface area contributed by atoms with Gasteiger partial charge in [-0.25, -0.2) is 0 Å². The highest BCUT2D eigenvalue weighted by Gasteiger charge is 2.50. The van der Waals surface area contributed by atoms with E-state index in [0.29, 0.717) is 0 Å². The van der Waals surface area contributed by atoms with E-state index in [2.05, 4.69) is 0 Å². The van der Waals surface area contributed by atoms with Crippen LogP contribution in [0.4, 0.5) is 0 Å². The summed E-state index contributed by atoms with van der Waals surface area (Å²) >= 11 is 0. The lowest BCUT2D eigenvalue weighted by molar-refractivity contribution is 0.494. The number of rotatable bonds is 1. The first-order chi connectivity index (χ1) is 5.04. The van der Waals surface area contributed by atoms with Gasteiger partial charge in [-0.05, 0) is 38.0 Å². The second-order valence-corrected chi connectivity index (χ2v) is 6.65. The van der Waals surface area contributed by atoms with Crippen molar-refractivity contribution in [2.75, 3.05) is 0 Å². The summed E-state index contributed by atoms with van der Waals surface area (Å²) in [5.74, 6) is 0.854. The Bertz CT molecular complexity index is 212. The van der Waals surface area contributed by atoms with Crippen molar-refractivity contribution in [3.05, 3.63) is 0 Å². The minimum Gasteiger partial charge on any atom is -0.290 e. The molecule has 3 nitrogen and oxygen atoms in total. The lowest BCUT2D eigenvalue weighted by atomic mass is 10.0. The van der Waals surface area contributed by atoms with Crippen molar-refractivity contribution in [1.82, 2.24) is 0 Å². The fourth-order valence-corrected chi connectivity index (χ4v) is 4.24. The van der Waals surface area contributed by atoms with Gasteiger partial charge in [-0.1, -0.05) is 0 Å². The van der Waals surface area contributed by atoms with Crippen LogP contribution >= 0.6 is 7.36 Å². The van der Waals surface area contributed by atoms with E-state index in [-0.39, 0.29) is 5.16 Å². The zero-order valence-electron chi connectivity index (χ0n) is 6.71. The number of hydrogen-bond acceptors (Lipinski definition) is 1. The molecule has 0 amide bonds. The zero-order chi connectivity index (χ0) is 8.11. The maximum Gasteiger partial charge on any atom is 0.0893 e. The highest BCUT2D eigenvalue weighted by Crippen LogP contribution is 2.63. The Morgan fingerprint density at radius 1 is 1.27 bits per heavy atom. The highest BCUT2D eigenvalue weighted by atomic mass is 31.2. The molecule has 2 fully saturated rings. The maximum atomic E-state index is 7.77. The third-order valence-electron chi connectivity index (χ3n) is 3.49. The summed E-state index contributed by atoms with van der Waals surface area (Å²) in [6, 6.07) is 0. The van der Waals surface area contributed by atoms with E-state index in [1.54, 1.807) is 0 Å². The summed E-state index contributed by atoms with van der Waals surface area (Å²) in [5, 5.41) is 7.85. The van der Waals surface area contributed by atoms with Crippen molar-refractivity contribution in [2.45, 2.75) is 37.3 Å². The summed E-state index contributed by atoms with van der Waals surface area (Å²) in [4.78, 5) is 0. The Kier molecular flexibility index (Phi) is 1.48. The number of hydrogen-bond donors (Lipinski definition) is 3. The van der Waals surface area contributed by atoms with Gasteiger partial charge in [-0.3, -0.25) is 16.2 Å². The quantitative estimate of drug-likeness (QED) is 0.529. The van der Waals surface area contributed by atoms with Gasteiger partial charge < -0.3 is 0 Å². The predicted molar refractivity (Wildman–Crippen MR) is 47.3 cm³/mol. The molecule has 5 N–H and O–H groups in total. The van der Waals surface area contributed by atoms with E-state index >= 15 is 0 Å². The molecule has 2 bridgehead atoms. The Balaban J connectivity index is 2.30. The van der Waals surface area contributed by atoms with E-state index in [4.69, 9.17) is 16.2 Å². The fourth-order valence-electron chi connectivity index (χ4n) is 2.68. The first kappa shape index (κ1) is 7.78. The maximum absolute atomic E-state index is 7.77. The fraction of sp³-hybridized carbons (Fsp3) is 1.00. The molecule has 64 valence electrons. The van der Waals surface area contributed by atoms with E-state index in [1.807, 2.05) is 0 Å². The van der Waals surface area contributed by atoms with Crippen molar-refractivity contribution in [1.29, 1.82) is 5.16 Å². The molecule has 0 unspecified atom stereocenters. The van der Waals surface area contributed by atoms with Crippen LogP contribution in [0.3, 0.4) is 0 Å². The molecule has 0 heterocycles. The summed E-state index contributed by atoms with van der Waals surface area (Å²) < 4.78 is 0. The number of fused-ring (bicyclic) bond motifs is 2. The van der Waals surface area contributed by atoms with Crippen LogP contribution < -0.4 is 11.0 Å². The van der Waals surface area contributed by atoms with Gasteiger partial charge in [0.2, 0.25) is 0 Å². The minimum atomic E-state index is -2.30. The molecule has 0 aromatic heterocycles. The lowest BCUT2D eigenvalue weighted by Gasteiger charge is -2.33. The first-order valence-corrected chi connectivity index (χ1v) is 6.18. The van der Waals surface area contributed by atoms with Gasteiger partial charge >= 0.3 is 0 Å². The molecule has 2 saturated carbocycles. The summed E-state index contributed by atoms with van der Waals surface area (Å²) in [6.45, 7) is 0. The number of nitrogens with one attached hydrogen (secondary N) is 1. The second kappa shape index (κ2) is 2.09. The van der Waals surface area contributed by atoms with Crippen LogP contribution in [0.1, 0.15) is 32.1 Å². The van der Waals surface area contributed by atoms with Gasteiger partial charge in [0.1, 0.15) is 0 Å². The Morgan fingerprint density at radius 3 is 2.00 bits per heavy atom. The number of nitrogens with two attached hydrogens (primary N) is 2. The second-order valence-electron chi connectivity index (χ2n) is 4.15. The molecular formula is C7H16N3P. The molecular weight excluding hydrogens is 157 g/mol. The van der Waals surface area contributed by atoms with Crippen LogP contribution in [0.15, 0.2) is 0 Å². The summed E-state index contributed by atoms with van der Waals surface area (Å²) in [6.07, 6.45) is 5.95. The molecule has 0 aromatic carbocycles. The third kappa shape index (κ3) is 0.986. The van der Waals surface area contributed by atoms with Crippen molar-refractivity contribution < 1.29 is 0 Å². The lowest BCUT2D eigenvalue weighted by Crippen LogP contribution is -2.30. The van der Waals surface area contributed by atoms with Crippen LogP contribution in [-0.2, 0) is 0 Å². The molecule has 0 saturated heterocycles.